The van der Waals surface area contributed by atoms with Crippen molar-refractivity contribution >= 4 is 38.2 Å². The monoisotopic (exact) mass is 404 g/mol. The molecular formula is C18H17FN4O4S. The summed E-state index contributed by atoms with van der Waals surface area (Å²) in [6.07, 6.45) is 0.862. The number of benzene rings is 2. The molecule has 10 heteroatoms. The Morgan fingerprint density at radius 3 is 2.50 bits per heavy atom. The fourth-order valence-corrected chi connectivity index (χ4v) is 3.60. The van der Waals surface area contributed by atoms with E-state index in [0.717, 1.165) is 12.3 Å². The van der Waals surface area contributed by atoms with E-state index in [0.29, 0.717) is 15.2 Å². The first kappa shape index (κ1) is 19.5. The van der Waals surface area contributed by atoms with Gasteiger partial charge < -0.3 is 9.67 Å². The number of aryl methyl sites for hydroxylation is 1. The summed E-state index contributed by atoms with van der Waals surface area (Å²) in [5.41, 5.74) is 0.510. The van der Waals surface area contributed by atoms with Crippen molar-refractivity contribution in [2.45, 2.75) is 0 Å². The number of hydrogen-bond acceptors (Lipinski definition) is 5. The van der Waals surface area contributed by atoms with Crippen LogP contribution in [0.15, 0.2) is 58.8 Å². The number of para-hydroxylation sites is 2. The Labute approximate surface area is 160 Å². The third-order valence-electron chi connectivity index (χ3n) is 4.11. The summed E-state index contributed by atoms with van der Waals surface area (Å²) in [5.74, 6) is -1.89. The molecule has 0 radical (unpaired) electrons. The SMILES string of the molecule is Cn1c(O)c(N=NC(=O)CN(c2ccccc2F)S(C)(=O)=O)c2ccccc21. The molecule has 146 valence electrons. The molecular weight excluding hydrogens is 387 g/mol. The van der Waals surface area contributed by atoms with Crippen LogP contribution >= 0.6 is 0 Å². The highest BCUT2D eigenvalue weighted by Gasteiger charge is 2.23. The van der Waals surface area contributed by atoms with Crippen molar-refractivity contribution in [2.24, 2.45) is 17.3 Å². The van der Waals surface area contributed by atoms with E-state index < -0.39 is 28.3 Å². The lowest BCUT2D eigenvalue weighted by Gasteiger charge is -2.20. The van der Waals surface area contributed by atoms with Gasteiger partial charge in [0.25, 0.3) is 5.91 Å². The fraction of sp³-hybridized carbons (Fsp3) is 0.167. The van der Waals surface area contributed by atoms with Gasteiger partial charge in [0.2, 0.25) is 15.9 Å². The number of amides is 1. The number of rotatable bonds is 5. The minimum absolute atomic E-state index is 0.0863. The largest absolute Gasteiger partial charge is 0.493 e. The highest BCUT2D eigenvalue weighted by molar-refractivity contribution is 7.92. The lowest BCUT2D eigenvalue weighted by Crippen LogP contribution is -2.35. The van der Waals surface area contributed by atoms with E-state index in [4.69, 9.17) is 0 Å². The molecule has 0 aliphatic heterocycles. The second-order valence-corrected chi connectivity index (χ2v) is 7.97. The first-order chi connectivity index (χ1) is 13.2. The van der Waals surface area contributed by atoms with E-state index in [1.807, 2.05) is 0 Å². The zero-order chi connectivity index (χ0) is 20.5. The fourth-order valence-electron chi connectivity index (χ4n) is 2.75. The number of aromatic hydroxyl groups is 1. The van der Waals surface area contributed by atoms with Crippen LogP contribution < -0.4 is 4.31 Å². The van der Waals surface area contributed by atoms with Gasteiger partial charge in [-0.25, -0.2) is 12.8 Å². The predicted octanol–water partition coefficient (Wildman–Crippen LogP) is 3.10. The summed E-state index contributed by atoms with van der Waals surface area (Å²) in [4.78, 5) is 12.2. The summed E-state index contributed by atoms with van der Waals surface area (Å²) >= 11 is 0. The van der Waals surface area contributed by atoms with Crippen molar-refractivity contribution in [1.82, 2.24) is 4.57 Å². The number of nitrogens with zero attached hydrogens (tertiary/aromatic N) is 4. The Morgan fingerprint density at radius 1 is 1.18 bits per heavy atom. The molecule has 0 saturated carbocycles. The van der Waals surface area contributed by atoms with Gasteiger partial charge in [-0.05, 0) is 18.2 Å². The summed E-state index contributed by atoms with van der Waals surface area (Å²) in [6.45, 7) is -0.727. The lowest BCUT2D eigenvalue weighted by atomic mass is 10.2. The third kappa shape index (κ3) is 3.72. The van der Waals surface area contributed by atoms with Crippen molar-refractivity contribution in [3.05, 3.63) is 54.3 Å². The van der Waals surface area contributed by atoms with Gasteiger partial charge in [-0.3, -0.25) is 9.10 Å². The molecule has 3 rings (SSSR count). The summed E-state index contributed by atoms with van der Waals surface area (Å²) in [6, 6.07) is 12.2. The molecule has 0 fully saturated rings. The molecule has 0 atom stereocenters. The van der Waals surface area contributed by atoms with Crippen LogP contribution in [0.25, 0.3) is 10.9 Å². The number of azo groups is 1. The van der Waals surface area contributed by atoms with Crippen LogP contribution in [0.1, 0.15) is 0 Å². The average molecular weight is 404 g/mol. The van der Waals surface area contributed by atoms with E-state index in [-0.39, 0.29) is 17.3 Å². The number of carbonyl (C=O) groups excluding carboxylic acids is 1. The maximum Gasteiger partial charge on any atom is 0.285 e. The van der Waals surface area contributed by atoms with Crippen LogP contribution in [0.4, 0.5) is 15.8 Å². The minimum atomic E-state index is -3.94. The molecule has 0 bridgehead atoms. The zero-order valence-electron chi connectivity index (χ0n) is 15.1. The second-order valence-electron chi connectivity index (χ2n) is 6.06. The molecule has 0 aliphatic carbocycles. The number of sulfonamides is 1. The Morgan fingerprint density at radius 2 is 1.82 bits per heavy atom. The first-order valence-corrected chi connectivity index (χ1v) is 9.98. The van der Waals surface area contributed by atoms with Crippen molar-refractivity contribution in [3.63, 3.8) is 0 Å². The number of halogens is 1. The van der Waals surface area contributed by atoms with Gasteiger partial charge in [-0.2, -0.15) is 0 Å². The smallest absolute Gasteiger partial charge is 0.285 e. The Bertz CT molecular complexity index is 1190. The average Bonchev–Trinajstić information content (AvgIpc) is 2.89. The highest BCUT2D eigenvalue weighted by atomic mass is 32.2. The van der Waals surface area contributed by atoms with Gasteiger partial charge in [0.15, 0.2) is 5.69 Å². The third-order valence-corrected chi connectivity index (χ3v) is 5.24. The van der Waals surface area contributed by atoms with Gasteiger partial charge in [0, 0.05) is 12.4 Å². The van der Waals surface area contributed by atoms with Crippen LogP contribution in [0, 0.1) is 5.82 Å². The number of anilines is 1. The molecule has 8 nitrogen and oxygen atoms in total. The molecule has 0 saturated heterocycles. The van der Waals surface area contributed by atoms with E-state index in [9.17, 15) is 22.7 Å². The standard InChI is InChI=1S/C18H17FN4O4S/c1-22-14-9-5-3-7-12(14)17(18(22)25)21-20-16(24)11-23(28(2,26)27)15-10-6-4-8-13(15)19/h3-10,25H,11H2,1-2H3. The molecule has 1 aromatic heterocycles. The van der Waals surface area contributed by atoms with Gasteiger partial charge in [0.05, 0.1) is 17.5 Å². The molecule has 0 unspecified atom stereocenters. The van der Waals surface area contributed by atoms with E-state index in [2.05, 4.69) is 10.2 Å². The summed E-state index contributed by atoms with van der Waals surface area (Å²) in [7, 11) is -2.31. The Kier molecular flexibility index (Phi) is 5.14. The molecule has 3 aromatic rings. The van der Waals surface area contributed by atoms with Crippen molar-refractivity contribution < 1.29 is 22.7 Å². The Balaban J connectivity index is 1.91. The molecule has 0 spiro atoms. The van der Waals surface area contributed by atoms with E-state index in [1.54, 1.807) is 31.3 Å². The number of aromatic nitrogens is 1. The molecule has 2 aromatic carbocycles. The number of fused-ring (bicyclic) bond motifs is 1. The maximum atomic E-state index is 14.0. The number of carbonyl (C=O) groups is 1. The molecule has 28 heavy (non-hydrogen) atoms. The Hall–Kier alpha value is -3.27. The molecule has 1 heterocycles. The summed E-state index contributed by atoms with van der Waals surface area (Å²) < 4.78 is 40.1. The molecule has 1 amide bonds. The number of hydrogen-bond donors (Lipinski definition) is 1. The van der Waals surface area contributed by atoms with Gasteiger partial charge in [-0.1, -0.05) is 30.3 Å². The van der Waals surface area contributed by atoms with E-state index >= 15 is 0 Å². The zero-order valence-corrected chi connectivity index (χ0v) is 15.9. The van der Waals surface area contributed by atoms with Crippen LogP contribution in [-0.4, -0.2) is 36.8 Å². The minimum Gasteiger partial charge on any atom is -0.493 e. The van der Waals surface area contributed by atoms with Crippen molar-refractivity contribution in [3.8, 4) is 5.88 Å². The van der Waals surface area contributed by atoms with Crippen LogP contribution in [0.3, 0.4) is 0 Å². The summed E-state index contributed by atoms with van der Waals surface area (Å²) in [5, 5.41) is 18.1. The normalized spacial score (nSPS) is 12.0. The van der Waals surface area contributed by atoms with Gasteiger partial charge in [-0.15, -0.1) is 10.2 Å². The first-order valence-electron chi connectivity index (χ1n) is 8.13. The van der Waals surface area contributed by atoms with Crippen LogP contribution in [0.2, 0.25) is 0 Å². The maximum absolute atomic E-state index is 14.0. The molecule has 1 N–H and O–H groups in total. The van der Waals surface area contributed by atoms with Crippen LogP contribution in [-0.2, 0) is 21.9 Å². The van der Waals surface area contributed by atoms with Crippen LogP contribution in [0.5, 0.6) is 5.88 Å². The topological polar surface area (TPSA) is 104 Å². The van der Waals surface area contributed by atoms with Crippen molar-refractivity contribution in [1.29, 1.82) is 0 Å². The van der Waals surface area contributed by atoms with Gasteiger partial charge >= 0.3 is 0 Å². The second kappa shape index (κ2) is 7.39. The van der Waals surface area contributed by atoms with Crippen molar-refractivity contribution in [2.75, 3.05) is 17.1 Å². The van der Waals surface area contributed by atoms with E-state index in [1.165, 1.54) is 22.8 Å². The quantitative estimate of drug-likeness (QED) is 0.660. The molecule has 0 aliphatic rings. The van der Waals surface area contributed by atoms with Gasteiger partial charge in [0.1, 0.15) is 12.4 Å². The lowest BCUT2D eigenvalue weighted by molar-refractivity contribution is -0.116. The highest BCUT2D eigenvalue weighted by Crippen LogP contribution is 2.37. The predicted molar refractivity (Wildman–Crippen MR) is 103 cm³/mol.